The van der Waals surface area contributed by atoms with E-state index in [1.807, 2.05) is 42.2 Å². The van der Waals surface area contributed by atoms with Gasteiger partial charge >= 0.3 is 0 Å². The number of likely N-dealkylation sites (tertiary alicyclic amines) is 1. The fourth-order valence-electron chi connectivity index (χ4n) is 4.06. The van der Waals surface area contributed by atoms with E-state index in [9.17, 15) is 4.79 Å². The van der Waals surface area contributed by atoms with Crippen LogP contribution >= 0.6 is 23.2 Å². The first-order chi connectivity index (χ1) is 13.5. The van der Waals surface area contributed by atoms with Crippen LogP contribution in [0.5, 0.6) is 0 Å². The van der Waals surface area contributed by atoms with E-state index < -0.39 is 0 Å². The Bertz CT molecular complexity index is 1060. The van der Waals surface area contributed by atoms with Crippen LogP contribution in [0, 0.1) is 12.8 Å². The number of rotatable bonds is 2. The monoisotopic (exact) mass is 412 g/mol. The third-order valence-corrected chi connectivity index (χ3v) is 6.03. The molecule has 1 unspecified atom stereocenters. The number of benzene rings is 2. The number of amides is 1. The van der Waals surface area contributed by atoms with Gasteiger partial charge in [-0.2, -0.15) is 0 Å². The molecule has 5 heteroatoms. The van der Waals surface area contributed by atoms with Crippen LogP contribution in [0.3, 0.4) is 0 Å². The molecule has 2 heterocycles. The predicted molar refractivity (Wildman–Crippen MR) is 116 cm³/mol. The Labute approximate surface area is 175 Å². The van der Waals surface area contributed by atoms with Gasteiger partial charge in [0.15, 0.2) is 0 Å². The summed E-state index contributed by atoms with van der Waals surface area (Å²) in [7, 11) is 0. The van der Waals surface area contributed by atoms with E-state index in [2.05, 4.69) is 6.92 Å². The zero-order chi connectivity index (χ0) is 19.8. The van der Waals surface area contributed by atoms with Crippen LogP contribution in [0.2, 0.25) is 10.0 Å². The third kappa shape index (κ3) is 3.49. The van der Waals surface area contributed by atoms with Gasteiger partial charge in [0.2, 0.25) is 0 Å². The van der Waals surface area contributed by atoms with Gasteiger partial charge in [0, 0.05) is 29.1 Å². The highest BCUT2D eigenvalue weighted by Gasteiger charge is 2.26. The van der Waals surface area contributed by atoms with Crippen molar-refractivity contribution in [3.05, 3.63) is 63.6 Å². The maximum Gasteiger partial charge on any atom is 0.254 e. The molecular formula is C23H22Cl2N2O. The van der Waals surface area contributed by atoms with E-state index in [0.717, 1.165) is 52.8 Å². The highest BCUT2D eigenvalue weighted by atomic mass is 35.5. The number of nitrogens with zero attached hydrogens (tertiary/aromatic N) is 2. The number of para-hydroxylation sites is 1. The molecule has 1 aliphatic heterocycles. The molecule has 1 saturated heterocycles. The number of hydrogen-bond donors (Lipinski definition) is 0. The molecule has 0 N–H and O–H groups in total. The minimum atomic E-state index is 0.0778. The van der Waals surface area contributed by atoms with E-state index in [1.165, 1.54) is 6.42 Å². The van der Waals surface area contributed by atoms with Crippen molar-refractivity contribution in [2.75, 3.05) is 13.1 Å². The van der Waals surface area contributed by atoms with Crippen LogP contribution in [0.15, 0.2) is 42.5 Å². The van der Waals surface area contributed by atoms with E-state index in [1.54, 1.807) is 12.1 Å². The summed E-state index contributed by atoms with van der Waals surface area (Å²) in [6, 6.07) is 13.2. The lowest BCUT2D eigenvalue weighted by Gasteiger charge is -2.32. The zero-order valence-electron chi connectivity index (χ0n) is 16.0. The highest BCUT2D eigenvalue weighted by Crippen LogP contribution is 2.35. The summed E-state index contributed by atoms with van der Waals surface area (Å²) in [5.41, 5.74) is 3.89. The van der Waals surface area contributed by atoms with Gasteiger partial charge in [-0.15, -0.1) is 0 Å². The first-order valence-corrected chi connectivity index (χ1v) is 10.4. The smallest absolute Gasteiger partial charge is 0.254 e. The Morgan fingerprint density at radius 2 is 1.96 bits per heavy atom. The Hall–Kier alpha value is -2.10. The van der Waals surface area contributed by atoms with Crippen LogP contribution in [0.4, 0.5) is 0 Å². The summed E-state index contributed by atoms with van der Waals surface area (Å²) in [6.45, 7) is 5.76. The van der Waals surface area contributed by atoms with Crippen LogP contribution in [-0.2, 0) is 0 Å². The molecule has 0 bridgehead atoms. The fraction of sp³-hybridized carbons (Fsp3) is 0.304. The van der Waals surface area contributed by atoms with Crippen LogP contribution in [0.1, 0.15) is 35.7 Å². The fourth-order valence-corrected chi connectivity index (χ4v) is 4.56. The number of fused-ring (bicyclic) bond motifs is 1. The standard InChI is InChI=1S/C23H22Cl2N2O/c1-14-6-5-11-27(13-14)23(28)21-15(2)22(17-10-9-16(24)12-19(17)25)26-20-8-4-3-7-18(20)21/h3-4,7-10,12,14H,5-6,11,13H2,1-2H3. The molecule has 0 spiro atoms. The second-order valence-corrected chi connectivity index (χ2v) is 8.44. The first-order valence-electron chi connectivity index (χ1n) is 9.59. The van der Waals surface area contributed by atoms with Crippen LogP contribution < -0.4 is 0 Å². The average molecular weight is 413 g/mol. The molecule has 1 aromatic heterocycles. The molecule has 3 nitrogen and oxygen atoms in total. The van der Waals surface area contributed by atoms with Crippen molar-refractivity contribution in [3.8, 4) is 11.3 Å². The van der Waals surface area contributed by atoms with Crippen molar-refractivity contribution in [2.24, 2.45) is 5.92 Å². The van der Waals surface area contributed by atoms with E-state index in [-0.39, 0.29) is 5.91 Å². The number of hydrogen-bond acceptors (Lipinski definition) is 2. The maximum atomic E-state index is 13.5. The van der Waals surface area contributed by atoms with Crippen molar-refractivity contribution < 1.29 is 4.79 Å². The molecule has 0 saturated carbocycles. The van der Waals surface area contributed by atoms with Gasteiger partial charge in [0.05, 0.1) is 21.8 Å². The molecule has 28 heavy (non-hydrogen) atoms. The Kier molecular flexibility index (Phi) is 5.31. The van der Waals surface area contributed by atoms with Crippen molar-refractivity contribution >= 4 is 40.0 Å². The summed E-state index contributed by atoms with van der Waals surface area (Å²) in [4.78, 5) is 20.4. The van der Waals surface area contributed by atoms with E-state index >= 15 is 0 Å². The SMILES string of the molecule is Cc1c(-c2ccc(Cl)cc2Cl)nc2ccccc2c1C(=O)N1CCCC(C)C1. The lowest BCUT2D eigenvalue weighted by Crippen LogP contribution is -2.39. The minimum absolute atomic E-state index is 0.0778. The molecule has 2 aromatic carbocycles. The maximum absolute atomic E-state index is 13.5. The second kappa shape index (κ2) is 7.73. The van der Waals surface area contributed by atoms with Crippen molar-refractivity contribution in [1.82, 2.24) is 9.88 Å². The van der Waals surface area contributed by atoms with Gasteiger partial charge in [-0.3, -0.25) is 4.79 Å². The Morgan fingerprint density at radius 3 is 2.71 bits per heavy atom. The van der Waals surface area contributed by atoms with Gasteiger partial charge < -0.3 is 4.90 Å². The third-order valence-electron chi connectivity index (χ3n) is 5.48. The Balaban J connectivity index is 1.92. The summed E-state index contributed by atoms with van der Waals surface area (Å²) < 4.78 is 0. The van der Waals surface area contributed by atoms with Crippen molar-refractivity contribution in [2.45, 2.75) is 26.7 Å². The van der Waals surface area contributed by atoms with Gasteiger partial charge in [-0.1, -0.05) is 48.3 Å². The van der Waals surface area contributed by atoms with Crippen molar-refractivity contribution in [1.29, 1.82) is 0 Å². The summed E-state index contributed by atoms with van der Waals surface area (Å²) >= 11 is 12.5. The molecule has 4 rings (SSSR count). The topological polar surface area (TPSA) is 33.2 Å². The minimum Gasteiger partial charge on any atom is -0.338 e. The molecular weight excluding hydrogens is 391 g/mol. The molecule has 1 amide bonds. The zero-order valence-corrected chi connectivity index (χ0v) is 17.5. The lowest BCUT2D eigenvalue weighted by molar-refractivity contribution is 0.0684. The van der Waals surface area contributed by atoms with Crippen LogP contribution in [-0.4, -0.2) is 28.9 Å². The van der Waals surface area contributed by atoms with E-state index in [4.69, 9.17) is 28.2 Å². The number of carbonyl (C=O) groups excluding carboxylic acids is 1. The number of aromatic nitrogens is 1. The highest BCUT2D eigenvalue weighted by molar-refractivity contribution is 6.36. The first kappa shape index (κ1) is 19.2. The van der Waals surface area contributed by atoms with Gasteiger partial charge in [-0.05, 0) is 55.5 Å². The van der Waals surface area contributed by atoms with Crippen LogP contribution in [0.25, 0.3) is 22.2 Å². The number of carbonyl (C=O) groups is 1. The van der Waals surface area contributed by atoms with Gasteiger partial charge in [-0.25, -0.2) is 4.98 Å². The molecule has 144 valence electrons. The Morgan fingerprint density at radius 1 is 1.18 bits per heavy atom. The van der Waals surface area contributed by atoms with E-state index in [0.29, 0.717) is 16.0 Å². The molecule has 1 aliphatic rings. The molecule has 0 aliphatic carbocycles. The second-order valence-electron chi connectivity index (χ2n) is 7.60. The van der Waals surface area contributed by atoms with Gasteiger partial charge in [0.1, 0.15) is 0 Å². The van der Waals surface area contributed by atoms with Gasteiger partial charge in [0.25, 0.3) is 5.91 Å². The molecule has 1 fully saturated rings. The molecule has 0 radical (unpaired) electrons. The predicted octanol–water partition coefficient (Wildman–Crippen LogP) is 6.39. The number of halogens is 2. The average Bonchev–Trinajstić information content (AvgIpc) is 2.67. The normalized spacial score (nSPS) is 17.1. The summed E-state index contributed by atoms with van der Waals surface area (Å²) in [5.74, 6) is 0.602. The largest absolute Gasteiger partial charge is 0.338 e. The molecule has 3 aromatic rings. The lowest BCUT2D eigenvalue weighted by atomic mass is 9.94. The molecule has 1 atom stereocenters. The number of pyridine rings is 1. The summed E-state index contributed by atoms with van der Waals surface area (Å²) in [5, 5.41) is 1.99. The quantitative estimate of drug-likeness (QED) is 0.488. The summed E-state index contributed by atoms with van der Waals surface area (Å²) in [6.07, 6.45) is 2.22. The number of piperidine rings is 1. The van der Waals surface area contributed by atoms with Crippen molar-refractivity contribution in [3.63, 3.8) is 0 Å².